The molecule has 0 spiro atoms. The molecule has 23 heavy (non-hydrogen) atoms. The molecule has 4 nitrogen and oxygen atoms in total. The van der Waals surface area contributed by atoms with Crippen molar-refractivity contribution in [1.82, 2.24) is 0 Å². The number of carbonyl (C=O) groups is 1. The Morgan fingerprint density at radius 3 is 2.30 bits per heavy atom. The van der Waals surface area contributed by atoms with Gasteiger partial charge in [-0.2, -0.15) is 5.10 Å². The van der Waals surface area contributed by atoms with E-state index in [-0.39, 0.29) is 15.6 Å². The first-order chi connectivity index (χ1) is 10.8. The van der Waals surface area contributed by atoms with Gasteiger partial charge in [0, 0.05) is 5.56 Å². The fourth-order valence-corrected chi connectivity index (χ4v) is 2.64. The fourth-order valence-electron chi connectivity index (χ4n) is 1.77. The average molecular weight is 392 g/mol. The van der Waals surface area contributed by atoms with E-state index in [4.69, 9.17) is 51.5 Å². The van der Waals surface area contributed by atoms with Gasteiger partial charge < -0.3 is 5.11 Å². The SMILES string of the molecule is CC(=NNc1ccc(Cl)c(C(=O)O)c1)c1ccc(Cl)c(Cl)c1Cl. The van der Waals surface area contributed by atoms with Crippen molar-refractivity contribution in [2.75, 3.05) is 5.43 Å². The van der Waals surface area contributed by atoms with Crippen LogP contribution in [0, 0.1) is 0 Å². The summed E-state index contributed by atoms with van der Waals surface area (Å²) < 4.78 is 0. The normalized spacial score (nSPS) is 11.4. The largest absolute Gasteiger partial charge is 0.478 e. The van der Waals surface area contributed by atoms with Crippen LogP contribution < -0.4 is 5.43 Å². The van der Waals surface area contributed by atoms with Crippen LogP contribution in [-0.4, -0.2) is 16.8 Å². The molecule has 120 valence electrons. The maximum Gasteiger partial charge on any atom is 0.337 e. The molecule has 0 amide bonds. The summed E-state index contributed by atoms with van der Waals surface area (Å²) in [7, 11) is 0. The molecule has 0 unspecified atom stereocenters. The number of benzene rings is 2. The summed E-state index contributed by atoms with van der Waals surface area (Å²) in [5, 5.41) is 14.3. The van der Waals surface area contributed by atoms with E-state index in [1.807, 2.05) is 0 Å². The molecule has 8 heteroatoms. The molecule has 2 rings (SSSR count). The third-order valence-corrected chi connectivity index (χ3v) is 4.60. The first kappa shape index (κ1) is 17.9. The van der Waals surface area contributed by atoms with Gasteiger partial charge in [0.15, 0.2) is 0 Å². The second-order valence-electron chi connectivity index (χ2n) is 4.53. The topological polar surface area (TPSA) is 61.7 Å². The van der Waals surface area contributed by atoms with E-state index in [0.29, 0.717) is 27.0 Å². The molecule has 0 aliphatic carbocycles. The van der Waals surface area contributed by atoms with E-state index in [1.54, 1.807) is 25.1 Å². The van der Waals surface area contributed by atoms with Crippen molar-refractivity contribution in [2.24, 2.45) is 5.10 Å². The summed E-state index contributed by atoms with van der Waals surface area (Å²) in [4.78, 5) is 11.1. The Balaban J connectivity index is 2.28. The van der Waals surface area contributed by atoms with Gasteiger partial charge in [-0.3, -0.25) is 5.43 Å². The predicted octanol–water partition coefficient (Wildman–Crippen LogP) is 5.83. The van der Waals surface area contributed by atoms with Crippen LogP contribution in [0.5, 0.6) is 0 Å². The zero-order valence-electron chi connectivity index (χ0n) is 11.7. The summed E-state index contributed by atoms with van der Waals surface area (Å²) in [5.74, 6) is -1.12. The molecule has 0 atom stereocenters. The van der Waals surface area contributed by atoms with Crippen molar-refractivity contribution in [1.29, 1.82) is 0 Å². The number of carboxylic acid groups (broad SMARTS) is 1. The van der Waals surface area contributed by atoms with Crippen molar-refractivity contribution in [3.05, 3.63) is 61.5 Å². The first-order valence-electron chi connectivity index (χ1n) is 6.28. The van der Waals surface area contributed by atoms with E-state index in [1.165, 1.54) is 12.1 Å². The van der Waals surface area contributed by atoms with Crippen LogP contribution in [0.25, 0.3) is 0 Å². The number of hydrazone groups is 1. The molecule has 0 aromatic heterocycles. The number of hydrogen-bond acceptors (Lipinski definition) is 3. The molecular weight excluding hydrogens is 382 g/mol. The van der Waals surface area contributed by atoms with Gasteiger partial charge in [-0.15, -0.1) is 0 Å². The molecule has 2 aromatic carbocycles. The van der Waals surface area contributed by atoms with Gasteiger partial charge in [0.25, 0.3) is 0 Å². The standard InChI is InChI=1S/C15H10Cl4N2O2/c1-7(9-3-5-12(17)14(19)13(9)18)20-21-8-2-4-11(16)10(6-8)15(22)23/h2-6,21H,1H3,(H,22,23). The number of carboxylic acids is 1. The van der Waals surface area contributed by atoms with Crippen LogP contribution in [0.15, 0.2) is 35.4 Å². The summed E-state index contributed by atoms with van der Waals surface area (Å²) in [6.07, 6.45) is 0. The molecule has 2 N–H and O–H groups in total. The quantitative estimate of drug-likeness (QED) is 0.391. The number of hydrogen-bond donors (Lipinski definition) is 2. The minimum absolute atomic E-state index is 0.0166. The van der Waals surface area contributed by atoms with Crippen LogP contribution in [0.1, 0.15) is 22.8 Å². The fraction of sp³-hybridized carbons (Fsp3) is 0.0667. The van der Waals surface area contributed by atoms with Gasteiger partial charge >= 0.3 is 5.97 Å². The molecule has 0 aliphatic rings. The monoisotopic (exact) mass is 390 g/mol. The molecule has 2 aromatic rings. The van der Waals surface area contributed by atoms with Gasteiger partial charge in [0.2, 0.25) is 0 Å². The number of nitrogens with zero attached hydrogens (tertiary/aromatic N) is 1. The average Bonchev–Trinajstić information content (AvgIpc) is 2.51. The Morgan fingerprint density at radius 1 is 1.00 bits per heavy atom. The second-order valence-corrected chi connectivity index (χ2v) is 6.10. The van der Waals surface area contributed by atoms with Crippen LogP contribution in [0.2, 0.25) is 20.1 Å². The van der Waals surface area contributed by atoms with Crippen molar-refractivity contribution in [2.45, 2.75) is 6.92 Å². The summed E-state index contributed by atoms with van der Waals surface area (Å²) in [5.41, 5.74) is 4.38. The molecular formula is C15H10Cl4N2O2. The highest BCUT2D eigenvalue weighted by Crippen LogP contribution is 2.33. The van der Waals surface area contributed by atoms with Gasteiger partial charge in [-0.1, -0.05) is 52.5 Å². The maximum atomic E-state index is 11.1. The lowest BCUT2D eigenvalue weighted by Gasteiger charge is -2.08. The zero-order chi connectivity index (χ0) is 17.1. The van der Waals surface area contributed by atoms with E-state index in [2.05, 4.69) is 10.5 Å². The molecule has 0 aliphatic heterocycles. The third kappa shape index (κ3) is 4.09. The van der Waals surface area contributed by atoms with Gasteiger partial charge in [-0.25, -0.2) is 4.79 Å². The smallest absolute Gasteiger partial charge is 0.337 e. The van der Waals surface area contributed by atoms with Crippen molar-refractivity contribution in [3.8, 4) is 0 Å². The third-order valence-electron chi connectivity index (χ3n) is 2.97. The number of anilines is 1. The second kappa shape index (κ2) is 7.41. The Morgan fingerprint density at radius 2 is 1.65 bits per heavy atom. The van der Waals surface area contributed by atoms with Crippen LogP contribution >= 0.6 is 46.4 Å². The van der Waals surface area contributed by atoms with Crippen LogP contribution in [0.4, 0.5) is 5.69 Å². The molecule has 0 bridgehead atoms. The summed E-state index contributed by atoms with van der Waals surface area (Å²) in [6.45, 7) is 1.73. The number of halogens is 4. The van der Waals surface area contributed by atoms with E-state index >= 15 is 0 Å². The molecule has 0 radical (unpaired) electrons. The Bertz CT molecular complexity index is 806. The zero-order valence-corrected chi connectivity index (χ0v) is 14.7. The molecule has 0 fully saturated rings. The minimum Gasteiger partial charge on any atom is -0.478 e. The van der Waals surface area contributed by atoms with Crippen LogP contribution in [-0.2, 0) is 0 Å². The summed E-state index contributed by atoms with van der Waals surface area (Å²) >= 11 is 23.8. The highest BCUT2D eigenvalue weighted by molar-refractivity contribution is 6.49. The molecule has 0 heterocycles. The lowest BCUT2D eigenvalue weighted by molar-refractivity contribution is 0.0697. The van der Waals surface area contributed by atoms with Crippen molar-refractivity contribution in [3.63, 3.8) is 0 Å². The minimum atomic E-state index is -1.12. The Hall–Kier alpha value is -1.46. The summed E-state index contributed by atoms with van der Waals surface area (Å²) in [6, 6.07) is 7.79. The van der Waals surface area contributed by atoms with Gasteiger partial charge in [0.1, 0.15) is 0 Å². The van der Waals surface area contributed by atoms with E-state index < -0.39 is 5.97 Å². The highest BCUT2D eigenvalue weighted by atomic mass is 35.5. The maximum absolute atomic E-state index is 11.1. The van der Waals surface area contributed by atoms with Crippen molar-refractivity contribution < 1.29 is 9.90 Å². The van der Waals surface area contributed by atoms with Crippen LogP contribution in [0.3, 0.4) is 0 Å². The highest BCUT2D eigenvalue weighted by Gasteiger charge is 2.12. The van der Waals surface area contributed by atoms with Gasteiger partial charge in [0.05, 0.1) is 37.1 Å². The van der Waals surface area contributed by atoms with E-state index in [9.17, 15) is 4.79 Å². The Kier molecular flexibility index (Phi) is 5.76. The number of nitrogens with one attached hydrogen (secondary N) is 1. The van der Waals surface area contributed by atoms with Gasteiger partial charge in [-0.05, 0) is 31.2 Å². The van der Waals surface area contributed by atoms with Crippen molar-refractivity contribution >= 4 is 63.8 Å². The predicted molar refractivity (Wildman–Crippen MR) is 95.7 cm³/mol. The molecule has 0 saturated heterocycles. The lowest BCUT2D eigenvalue weighted by atomic mass is 10.1. The number of rotatable bonds is 4. The number of aromatic carboxylic acids is 1. The lowest BCUT2D eigenvalue weighted by Crippen LogP contribution is -2.03. The Labute approximate surface area is 152 Å². The molecule has 0 saturated carbocycles. The first-order valence-corrected chi connectivity index (χ1v) is 7.79. The van der Waals surface area contributed by atoms with E-state index in [0.717, 1.165) is 0 Å².